The molecule has 0 N–H and O–H groups in total. The average molecular weight is 302 g/mol. The van der Waals surface area contributed by atoms with Crippen molar-refractivity contribution in [2.24, 2.45) is 0 Å². The zero-order valence-electron chi connectivity index (χ0n) is 12.4. The molecule has 118 valence electrons. The van der Waals surface area contributed by atoms with Crippen LogP contribution in [0.3, 0.4) is 0 Å². The Morgan fingerprint density at radius 2 is 1.81 bits per heavy atom. The Kier molecular flexibility index (Phi) is 5.11. The molecule has 0 aromatic heterocycles. The van der Waals surface area contributed by atoms with E-state index in [9.17, 15) is 13.2 Å². The van der Waals surface area contributed by atoms with Gasteiger partial charge < -0.3 is 9.64 Å². The topological polar surface area (TPSA) is 15.7 Å². The molecule has 0 bridgehead atoms. The van der Waals surface area contributed by atoms with E-state index in [4.69, 9.17) is 4.74 Å². The Morgan fingerprint density at radius 3 is 2.38 bits per heavy atom. The lowest BCUT2D eigenvalue weighted by Gasteiger charge is -2.37. The van der Waals surface area contributed by atoms with E-state index in [1.807, 2.05) is 4.90 Å². The first-order valence-corrected chi connectivity index (χ1v) is 7.06. The summed E-state index contributed by atoms with van der Waals surface area (Å²) in [5.41, 5.74) is 0.466. The number of rotatable bonds is 4. The molecule has 0 spiro atoms. The number of hydrogen-bond acceptors (Lipinski definition) is 3. The summed E-state index contributed by atoms with van der Waals surface area (Å²) in [6, 6.07) is 4.41. The fraction of sp³-hybridized carbons (Fsp3) is 0.600. The number of nitrogens with zero attached hydrogens (tertiary/aromatic N) is 2. The molecule has 6 heteroatoms. The van der Waals surface area contributed by atoms with Gasteiger partial charge in [0, 0.05) is 45.5 Å². The molecule has 21 heavy (non-hydrogen) atoms. The summed E-state index contributed by atoms with van der Waals surface area (Å²) in [5.74, 6) is 0. The first kappa shape index (κ1) is 16.1. The van der Waals surface area contributed by atoms with Crippen molar-refractivity contribution in [1.82, 2.24) is 4.90 Å². The molecule has 0 atom stereocenters. The molecule has 1 heterocycles. The van der Waals surface area contributed by atoms with Crippen LogP contribution in [0.4, 0.5) is 18.9 Å². The summed E-state index contributed by atoms with van der Waals surface area (Å²) in [6.07, 6.45) is -4.29. The monoisotopic (exact) mass is 302 g/mol. The molecule has 0 aliphatic carbocycles. The summed E-state index contributed by atoms with van der Waals surface area (Å²) < 4.78 is 43.9. The van der Waals surface area contributed by atoms with E-state index in [0.29, 0.717) is 17.9 Å². The van der Waals surface area contributed by atoms with Gasteiger partial charge in [0.25, 0.3) is 0 Å². The molecule has 0 radical (unpaired) electrons. The fourth-order valence-electron chi connectivity index (χ4n) is 2.71. The third-order valence-corrected chi connectivity index (χ3v) is 3.94. The van der Waals surface area contributed by atoms with Crippen LogP contribution < -0.4 is 4.90 Å². The summed E-state index contributed by atoms with van der Waals surface area (Å²) in [4.78, 5) is 4.30. The van der Waals surface area contributed by atoms with Gasteiger partial charge in [-0.3, -0.25) is 4.90 Å². The van der Waals surface area contributed by atoms with Gasteiger partial charge in [0.15, 0.2) is 0 Å². The highest BCUT2D eigenvalue weighted by atomic mass is 19.4. The highest BCUT2D eigenvalue weighted by molar-refractivity contribution is 5.57. The Balaban J connectivity index is 2.07. The van der Waals surface area contributed by atoms with Crippen LogP contribution in [0.2, 0.25) is 0 Å². The molecular weight excluding hydrogens is 281 g/mol. The van der Waals surface area contributed by atoms with Gasteiger partial charge in [-0.1, -0.05) is 6.07 Å². The first-order chi connectivity index (χ1) is 9.93. The highest BCUT2D eigenvalue weighted by Crippen LogP contribution is 2.35. The largest absolute Gasteiger partial charge is 0.416 e. The zero-order chi connectivity index (χ0) is 15.5. The van der Waals surface area contributed by atoms with E-state index in [1.165, 1.54) is 6.07 Å². The van der Waals surface area contributed by atoms with Crippen LogP contribution in [-0.4, -0.2) is 51.3 Å². The lowest BCUT2D eigenvalue weighted by atomic mass is 10.0. The third kappa shape index (κ3) is 3.89. The van der Waals surface area contributed by atoms with Gasteiger partial charge in [-0.05, 0) is 24.6 Å². The molecular formula is C15H21F3N2O. The molecule has 0 amide bonds. The lowest BCUT2D eigenvalue weighted by Crippen LogP contribution is -2.47. The van der Waals surface area contributed by atoms with Crippen molar-refractivity contribution in [3.05, 3.63) is 29.3 Å². The number of ether oxygens (including phenoxy) is 1. The Hall–Kier alpha value is -1.27. The summed E-state index contributed by atoms with van der Waals surface area (Å²) in [5, 5.41) is 0. The van der Waals surface area contributed by atoms with Crippen molar-refractivity contribution in [3.8, 4) is 0 Å². The van der Waals surface area contributed by atoms with Crippen LogP contribution in [0.1, 0.15) is 11.1 Å². The van der Waals surface area contributed by atoms with Crippen molar-refractivity contribution >= 4 is 5.69 Å². The van der Waals surface area contributed by atoms with Crippen molar-refractivity contribution in [3.63, 3.8) is 0 Å². The maximum Gasteiger partial charge on any atom is 0.416 e. The molecule has 1 aliphatic heterocycles. The maximum absolute atomic E-state index is 13.0. The van der Waals surface area contributed by atoms with Crippen molar-refractivity contribution in [1.29, 1.82) is 0 Å². The zero-order valence-corrected chi connectivity index (χ0v) is 12.4. The Labute approximate surface area is 123 Å². The van der Waals surface area contributed by atoms with Crippen molar-refractivity contribution in [2.75, 3.05) is 51.3 Å². The number of piperazine rings is 1. The van der Waals surface area contributed by atoms with E-state index < -0.39 is 11.7 Å². The molecule has 0 saturated carbocycles. The Morgan fingerprint density at radius 1 is 1.14 bits per heavy atom. The predicted octanol–water partition coefficient (Wildman–Crippen LogP) is 2.78. The van der Waals surface area contributed by atoms with Crippen LogP contribution in [0.15, 0.2) is 18.2 Å². The molecule has 0 unspecified atom stereocenters. The number of halogens is 3. The normalized spacial score (nSPS) is 17.3. The summed E-state index contributed by atoms with van der Waals surface area (Å²) >= 11 is 0. The molecule has 3 nitrogen and oxygen atoms in total. The van der Waals surface area contributed by atoms with Gasteiger partial charge >= 0.3 is 6.18 Å². The van der Waals surface area contributed by atoms with Gasteiger partial charge in [-0.25, -0.2) is 0 Å². The standard InChI is InChI=1S/C15H21F3N2O/c1-12-13(15(16,17)18)4-3-5-14(12)20-8-6-19(7-9-20)10-11-21-2/h3-5H,6-11H2,1-2H3. The van der Waals surface area contributed by atoms with Gasteiger partial charge in [0.2, 0.25) is 0 Å². The number of methoxy groups -OCH3 is 1. The SMILES string of the molecule is COCCN1CCN(c2cccc(C(F)(F)F)c2C)CC1. The Bertz CT molecular complexity index is 468. The number of alkyl halides is 3. The second-order valence-electron chi connectivity index (χ2n) is 5.27. The average Bonchev–Trinajstić information content (AvgIpc) is 2.45. The van der Waals surface area contributed by atoms with Gasteiger partial charge in [-0.15, -0.1) is 0 Å². The van der Waals surface area contributed by atoms with Gasteiger partial charge in [0.1, 0.15) is 0 Å². The third-order valence-electron chi connectivity index (χ3n) is 3.94. The number of anilines is 1. The van der Waals surface area contributed by atoms with E-state index in [1.54, 1.807) is 20.1 Å². The van der Waals surface area contributed by atoms with Crippen LogP contribution in [0, 0.1) is 6.92 Å². The second-order valence-corrected chi connectivity index (χ2v) is 5.27. The van der Waals surface area contributed by atoms with Gasteiger partial charge in [0.05, 0.1) is 12.2 Å². The van der Waals surface area contributed by atoms with Crippen LogP contribution >= 0.6 is 0 Å². The van der Waals surface area contributed by atoms with Crippen molar-refractivity contribution < 1.29 is 17.9 Å². The maximum atomic E-state index is 13.0. The molecule has 1 fully saturated rings. The highest BCUT2D eigenvalue weighted by Gasteiger charge is 2.33. The molecule has 1 aliphatic rings. The predicted molar refractivity (Wildman–Crippen MR) is 76.7 cm³/mol. The summed E-state index contributed by atoms with van der Waals surface area (Å²) in [7, 11) is 1.67. The van der Waals surface area contributed by atoms with Crippen LogP contribution in [0.25, 0.3) is 0 Å². The molecule has 2 rings (SSSR count). The van der Waals surface area contributed by atoms with E-state index >= 15 is 0 Å². The number of benzene rings is 1. The second kappa shape index (κ2) is 6.66. The molecule has 1 aromatic rings. The van der Waals surface area contributed by atoms with Gasteiger partial charge in [-0.2, -0.15) is 13.2 Å². The lowest BCUT2D eigenvalue weighted by molar-refractivity contribution is -0.138. The quantitative estimate of drug-likeness (QED) is 0.850. The fourth-order valence-corrected chi connectivity index (χ4v) is 2.71. The minimum absolute atomic E-state index is 0.315. The smallest absolute Gasteiger partial charge is 0.383 e. The van der Waals surface area contributed by atoms with Crippen LogP contribution in [0.5, 0.6) is 0 Å². The van der Waals surface area contributed by atoms with Crippen LogP contribution in [-0.2, 0) is 10.9 Å². The van der Waals surface area contributed by atoms with E-state index in [-0.39, 0.29) is 0 Å². The van der Waals surface area contributed by atoms with Crippen molar-refractivity contribution in [2.45, 2.75) is 13.1 Å². The van der Waals surface area contributed by atoms with E-state index in [0.717, 1.165) is 38.8 Å². The molecule has 1 aromatic carbocycles. The first-order valence-electron chi connectivity index (χ1n) is 7.06. The summed E-state index contributed by atoms with van der Waals surface area (Å²) in [6.45, 7) is 6.28. The minimum atomic E-state index is -4.29. The van der Waals surface area contributed by atoms with E-state index in [2.05, 4.69) is 4.90 Å². The minimum Gasteiger partial charge on any atom is -0.383 e. The molecule has 1 saturated heterocycles. The number of hydrogen-bond donors (Lipinski definition) is 0.